The molecule has 0 aromatic carbocycles. The molecule has 0 bridgehead atoms. The summed E-state index contributed by atoms with van der Waals surface area (Å²) in [4.78, 5) is 4.17. The van der Waals surface area contributed by atoms with Gasteiger partial charge in [-0.1, -0.05) is 19.8 Å². The van der Waals surface area contributed by atoms with Gasteiger partial charge in [0.25, 0.3) is 10.0 Å². The molecule has 3 rings (SSSR count). The molecule has 2 aliphatic rings. The standard InChI is InChI=1S/C15H25N3O2S/c1-3-12(2)17-10-15(16-11-17)21(19,20)18-9-8-13-6-4-5-7-14(13)18/h10-14H,3-9H2,1-2H3/t12-,13-,14+/m0/s1. The SMILES string of the molecule is CC[C@H](C)n1cnc(S(=O)(=O)N2CC[C@@H]3CCCC[C@H]32)c1. The fourth-order valence-electron chi connectivity index (χ4n) is 3.68. The van der Waals surface area contributed by atoms with Crippen molar-refractivity contribution in [2.75, 3.05) is 6.54 Å². The molecule has 0 radical (unpaired) electrons. The summed E-state index contributed by atoms with van der Waals surface area (Å²) in [5.74, 6) is 0.560. The van der Waals surface area contributed by atoms with Crippen LogP contribution < -0.4 is 0 Å². The Labute approximate surface area is 127 Å². The van der Waals surface area contributed by atoms with E-state index in [1.165, 1.54) is 12.8 Å². The van der Waals surface area contributed by atoms with E-state index in [1.54, 1.807) is 16.8 Å². The van der Waals surface area contributed by atoms with Crippen molar-refractivity contribution in [2.45, 2.75) is 69.5 Å². The molecule has 1 aliphatic heterocycles. The van der Waals surface area contributed by atoms with Gasteiger partial charge in [-0.25, -0.2) is 13.4 Å². The van der Waals surface area contributed by atoms with Gasteiger partial charge < -0.3 is 4.57 Å². The highest BCUT2D eigenvalue weighted by Gasteiger charge is 2.43. The van der Waals surface area contributed by atoms with Crippen LogP contribution in [0, 0.1) is 5.92 Å². The molecule has 1 aliphatic carbocycles. The van der Waals surface area contributed by atoms with E-state index in [0.29, 0.717) is 12.5 Å². The summed E-state index contributed by atoms with van der Waals surface area (Å²) in [7, 11) is -3.43. The minimum atomic E-state index is -3.43. The molecule has 0 N–H and O–H groups in total. The third kappa shape index (κ3) is 2.63. The van der Waals surface area contributed by atoms with Gasteiger partial charge in [0.05, 0.1) is 6.33 Å². The first kappa shape index (κ1) is 15.0. The predicted molar refractivity (Wildman–Crippen MR) is 81.5 cm³/mol. The van der Waals surface area contributed by atoms with E-state index in [-0.39, 0.29) is 17.1 Å². The van der Waals surface area contributed by atoms with Crippen LogP contribution in [-0.4, -0.2) is 34.9 Å². The molecule has 1 aromatic rings. The Morgan fingerprint density at radius 3 is 2.86 bits per heavy atom. The second-order valence-electron chi connectivity index (χ2n) is 6.43. The molecule has 2 fully saturated rings. The van der Waals surface area contributed by atoms with E-state index < -0.39 is 10.0 Å². The van der Waals surface area contributed by atoms with Gasteiger partial charge in [0.15, 0.2) is 5.03 Å². The van der Waals surface area contributed by atoms with E-state index in [4.69, 9.17) is 0 Å². The van der Waals surface area contributed by atoms with Gasteiger partial charge in [-0.15, -0.1) is 0 Å². The number of aromatic nitrogens is 2. The van der Waals surface area contributed by atoms with Crippen molar-refractivity contribution in [3.05, 3.63) is 12.5 Å². The van der Waals surface area contributed by atoms with Gasteiger partial charge >= 0.3 is 0 Å². The minimum absolute atomic E-state index is 0.206. The topological polar surface area (TPSA) is 55.2 Å². The van der Waals surface area contributed by atoms with Crippen LogP contribution in [0.3, 0.4) is 0 Å². The normalized spacial score (nSPS) is 28.5. The van der Waals surface area contributed by atoms with Gasteiger partial charge in [0.1, 0.15) is 0 Å². The summed E-state index contributed by atoms with van der Waals surface area (Å²) < 4.78 is 29.4. The predicted octanol–water partition coefficient (Wildman–Crippen LogP) is 2.81. The maximum Gasteiger partial charge on any atom is 0.262 e. The second kappa shape index (κ2) is 5.72. The molecular weight excluding hydrogens is 286 g/mol. The van der Waals surface area contributed by atoms with Crippen LogP contribution in [0.15, 0.2) is 17.6 Å². The quantitative estimate of drug-likeness (QED) is 0.859. The van der Waals surface area contributed by atoms with Crippen molar-refractivity contribution < 1.29 is 8.42 Å². The molecule has 0 spiro atoms. The van der Waals surface area contributed by atoms with Crippen molar-refractivity contribution in [3.8, 4) is 0 Å². The second-order valence-corrected chi connectivity index (χ2v) is 8.27. The molecule has 6 heteroatoms. The Hall–Kier alpha value is -0.880. The number of imidazole rings is 1. The Morgan fingerprint density at radius 2 is 2.10 bits per heavy atom. The Balaban J connectivity index is 1.85. The lowest BCUT2D eigenvalue weighted by Crippen LogP contribution is -2.39. The lowest BCUT2D eigenvalue weighted by molar-refractivity contribution is 0.260. The first-order valence-electron chi connectivity index (χ1n) is 8.09. The van der Waals surface area contributed by atoms with Crippen LogP contribution >= 0.6 is 0 Å². The third-order valence-electron chi connectivity index (χ3n) is 5.21. The summed E-state index contributed by atoms with van der Waals surface area (Å²) in [6.45, 7) is 4.82. The van der Waals surface area contributed by atoms with E-state index >= 15 is 0 Å². The zero-order valence-corrected chi connectivity index (χ0v) is 13.7. The molecule has 2 heterocycles. The lowest BCUT2D eigenvalue weighted by Gasteiger charge is -2.30. The first-order chi connectivity index (χ1) is 10.0. The maximum absolute atomic E-state index is 12.9. The maximum atomic E-state index is 12.9. The van der Waals surface area contributed by atoms with Crippen LogP contribution in [0.25, 0.3) is 0 Å². The highest BCUT2D eigenvalue weighted by Crippen LogP contribution is 2.38. The minimum Gasteiger partial charge on any atom is -0.333 e. The van der Waals surface area contributed by atoms with Crippen molar-refractivity contribution >= 4 is 10.0 Å². The van der Waals surface area contributed by atoms with E-state index in [0.717, 1.165) is 25.7 Å². The summed E-state index contributed by atoms with van der Waals surface area (Å²) in [6.07, 6.45) is 9.90. The van der Waals surface area contributed by atoms with E-state index in [1.807, 2.05) is 4.57 Å². The zero-order valence-electron chi connectivity index (χ0n) is 12.9. The van der Waals surface area contributed by atoms with Crippen molar-refractivity contribution in [1.29, 1.82) is 0 Å². The average molecular weight is 311 g/mol. The Kier molecular flexibility index (Phi) is 4.10. The van der Waals surface area contributed by atoms with Crippen molar-refractivity contribution in [3.63, 3.8) is 0 Å². The largest absolute Gasteiger partial charge is 0.333 e. The van der Waals surface area contributed by atoms with Gasteiger partial charge in [-0.2, -0.15) is 4.31 Å². The summed E-state index contributed by atoms with van der Waals surface area (Å²) in [5, 5.41) is 0.217. The first-order valence-corrected chi connectivity index (χ1v) is 9.53. The molecule has 1 saturated carbocycles. The molecule has 3 atom stereocenters. The molecule has 1 aromatic heterocycles. The number of rotatable bonds is 4. The molecule has 5 nitrogen and oxygen atoms in total. The van der Waals surface area contributed by atoms with Crippen LogP contribution in [0.1, 0.15) is 58.4 Å². The number of nitrogens with zero attached hydrogens (tertiary/aromatic N) is 3. The summed E-state index contributed by atoms with van der Waals surface area (Å²) in [5.41, 5.74) is 0. The van der Waals surface area contributed by atoms with Crippen LogP contribution in [0.2, 0.25) is 0 Å². The van der Waals surface area contributed by atoms with Crippen molar-refractivity contribution in [1.82, 2.24) is 13.9 Å². The number of sulfonamides is 1. The highest BCUT2D eigenvalue weighted by molar-refractivity contribution is 7.89. The Morgan fingerprint density at radius 1 is 1.33 bits per heavy atom. The van der Waals surface area contributed by atoms with Gasteiger partial charge in [-0.05, 0) is 38.5 Å². The van der Waals surface area contributed by atoms with E-state index in [9.17, 15) is 8.42 Å². The summed E-state index contributed by atoms with van der Waals surface area (Å²) >= 11 is 0. The van der Waals surface area contributed by atoms with Gasteiger partial charge in [-0.3, -0.25) is 0 Å². The van der Waals surface area contributed by atoms with E-state index in [2.05, 4.69) is 18.8 Å². The van der Waals surface area contributed by atoms with Crippen LogP contribution in [0.4, 0.5) is 0 Å². The molecule has 21 heavy (non-hydrogen) atoms. The van der Waals surface area contributed by atoms with Crippen LogP contribution in [0.5, 0.6) is 0 Å². The van der Waals surface area contributed by atoms with Crippen molar-refractivity contribution in [2.24, 2.45) is 5.92 Å². The smallest absolute Gasteiger partial charge is 0.262 e. The molecule has 1 saturated heterocycles. The zero-order chi connectivity index (χ0) is 15.0. The number of fused-ring (bicyclic) bond motifs is 1. The monoisotopic (exact) mass is 311 g/mol. The Bertz CT molecular complexity index is 596. The molecular formula is C15H25N3O2S. The average Bonchev–Trinajstić information content (AvgIpc) is 3.13. The molecule has 0 amide bonds. The number of hydrogen-bond donors (Lipinski definition) is 0. The lowest BCUT2D eigenvalue weighted by atomic mass is 9.86. The van der Waals surface area contributed by atoms with Gasteiger partial charge in [0, 0.05) is 24.8 Å². The molecule has 0 unspecified atom stereocenters. The van der Waals surface area contributed by atoms with Crippen LogP contribution in [-0.2, 0) is 10.0 Å². The fourth-order valence-corrected chi connectivity index (χ4v) is 5.34. The number of hydrogen-bond acceptors (Lipinski definition) is 3. The highest BCUT2D eigenvalue weighted by atomic mass is 32.2. The van der Waals surface area contributed by atoms with Gasteiger partial charge in [0.2, 0.25) is 0 Å². The molecule has 118 valence electrons. The fraction of sp³-hybridized carbons (Fsp3) is 0.800. The third-order valence-corrected chi connectivity index (χ3v) is 7.02. The summed E-state index contributed by atoms with van der Waals surface area (Å²) in [6, 6.07) is 0.486.